The van der Waals surface area contributed by atoms with E-state index in [4.69, 9.17) is 4.74 Å². The fourth-order valence-electron chi connectivity index (χ4n) is 3.24. The van der Waals surface area contributed by atoms with E-state index in [2.05, 4.69) is 5.32 Å². The van der Waals surface area contributed by atoms with Crippen molar-refractivity contribution >= 4 is 17.9 Å². The molecule has 2 aliphatic rings. The first-order valence-electron chi connectivity index (χ1n) is 7.67. The quantitative estimate of drug-likeness (QED) is 0.666. The van der Waals surface area contributed by atoms with Crippen LogP contribution in [-0.4, -0.2) is 35.0 Å². The van der Waals surface area contributed by atoms with Crippen LogP contribution in [0.1, 0.15) is 38.3 Å². The van der Waals surface area contributed by atoms with E-state index >= 15 is 0 Å². The van der Waals surface area contributed by atoms with Crippen LogP contribution in [-0.2, 0) is 26.3 Å². The summed E-state index contributed by atoms with van der Waals surface area (Å²) in [6.07, 6.45) is 1.24. The molecule has 1 aliphatic heterocycles. The average Bonchev–Trinajstić information content (AvgIpc) is 2.92. The van der Waals surface area contributed by atoms with Crippen molar-refractivity contribution in [2.45, 2.75) is 44.8 Å². The molecule has 1 aliphatic carbocycles. The van der Waals surface area contributed by atoms with Gasteiger partial charge < -0.3 is 10.1 Å². The third kappa shape index (κ3) is 2.58. The van der Waals surface area contributed by atoms with E-state index in [1.807, 2.05) is 24.3 Å². The lowest BCUT2D eigenvalue weighted by Gasteiger charge is -2.23. The van der Waals surface area contributed by atoms with Crippen molar-refractivity contribution in [3.05, 3.63) is 35.4 Å². The summed E-state index contributed by atoms with van der Waals surface area (Å²) in [6.45, 7) is 4.86. The van der Waals surface area contributed by atoms with Crippen molar-refractivity contribution in [3.63, 3.8) is 0 Å². The predicted octanol–water partition coefficient (Wildman–Crippen LogP) is 1.72. The summed E-state index contributed by atoms with van der Waals surface area (Å²) in [5.74, 6) is -0.970. The van der Waals surface area contributed by atoms with Gasteiger partial charge in [0.15, 0.2) is 0 Å². The molecular weight excluding hydrogens is 296 g/mol. The van der Waals surface area contributed by atoms with Crippen LogP contribution in [0.3, 0.4) is 0 Å². The number of nitrogens with one attached hydrogen (secondary N) is 1. The zero-order valence-corrected chi connectivity index (χ0v) is 13.5. The summed E-state index contributed by atoms with van der Waals surface area (Å²) < 4.78 is 5.20. The van der Waals surface area contributed by atoms with Gasteiger partial charge in [-0.2, -0.15) is 0 Å². The minimum atomic E-state index is -1.03. The number of amides is 3. The molecule has 3 amide bonds. The number of urea groups is 1. The Balaban J connectivity index is 1.83. The lowest BCUT2D eigenvalue weighted by molar-refractivity contribution is -0.157. The highest BCUT2D eigenvalue weighted by Crippen LogP contribution is 2.41. The van der Waals surface area contributed by atoms with Crippen LogP contribution in [0.5, 0.6) is 0 Å². The molecule has 122 valence electrons. The highest BCUT2D eigenvalue weighted by molar-refractivity contribution is 6.09. The molecule has 0 saturated carbocycles. The van der Waals surface area contributed by atoms with Crippen molar-refractivity contribution in [2.24, 2.45) is 0 Å². The third-order valence-electron chi connectivity index (χ3n) is 4.13. The topological polar surface area (TPSA) is 75.7 Å². The fourth-order valence-corrected chi connectivity index (χ4v) is 3.24. The molecule has 0 aromatic heterocycles. The van der Waals surface area contributed by atoms with Crippen molar-refractivity contribution in [1.29, 1.82) is 0 Å². The predicted molar refractivity (Wildman–Crippen MR) is 82.5 cm³/mol. The van der Waals surface area contributed by atoms with Gasteiger partial charge in [0.1, 0.15) is 17.7 Å². The van der Waals surface area contributed by atoms with Crippen LogP contribution in [0, 0.1) is 0 Å². The van der Waals surface area contributed by atoms with Crippen molar-refractivity contribution in [2.75, 3.05) is 6.54 Å². The second-order valence-electron chi connectivity index (χ2n) is 6.97. The third-order valence-corrected chi connectivity index (χ3v) is 4.13. The number of hydrogen-bond acceptors (Lipinski definition) is 4. The van der Waals surface area contributed by atoms with Crippen molar-refractivity contribution in [3.8, 4) is 0 Å². The molecule has 0 bridgehead atoms. The molecule has 0 unspecified atom stereocenters. The van der Waals surface area contributed by atoms with E-state index in [1.54, 1.807) is 20.8 Å². The molecule has 1 fully saturated rings. The van der Waals surface area contributed by atoms with Gasteiger partial charge in [-0.25, -0.2) is 4.79 Å². The van der Waals surface area contributed by atoms with Gasteiger partial charge in [-0.15, -0.1) is 0 Å². The summed E-state index contributed by atoms with van der Waals surface area (Å²) >= 11 is 0. The summed E-state index contributed by atoms with van der Waals surface area (Å²) in [6, 6.07) is 7.04. The molecule has 6 heteroatoms. The van der Waals surface area contributed by atoms with Gasteiger partial charge in [0, 0.05) is 0 Å². The SMILES string of the molecule is CC(C)(C)OC(=O)CN1C(=O)N[C@@]2(CCc3ccccc32)C1=O. The maximum Gasteiger partial charge on any atom is 0.326 e. The maximum atomic E-state index is 12.8. The number of esters is 1. The Morgan fingerprint density at radius 2 is 2.00 bits per heavy atom. The second kappa shape index (κ2) is 5.08. The average molecular weight is 316 g/mol. The molecule has 1 atom stereocenters. The van der Waals surface area contributed by atoms with Crippen LogP contribution in [0.2, 0.25) is 0 Å². The van der Waals surface area contributed by atoms with Crippen LogP contribution in [0.15, 0.2) is 24.3 Å². The minimum Gasteiger partial charge on any atom is -0.459 e. The molecule has 1 heterocycles. The van der Waals surface area contributed by atoms with Crippen LogP contribution in [0.4, 0.5) is 4.79 Å². The van der Waals surface area contributed by atoms with Crippen LogP contribution >= 0.6 is 0 Å². The Labute approximate surface area is 134 Å². The Morgan fingerprint density at radius 3 is 2.70 bits per heavy atom. The number of fused-ring (bicyclic) bond motifs is 2. The lowest BCUT2D eigenvalue weighted by atomic mass is 9.92. The Bertz CT molecular complexity index is 692. The number of ether oxygens (including phenoxy) is 1. The van der Waals surface area contributed by atoms with Crippen LogP contribution in [0.25, 0.3) is 0 Å². The highest BCUT2D eigenvalue weighted by Gasteiger charge is 2.55. The largest absolute Gasteiger partial charge is 0.459 e. The number of rotatable bonds is 2. The van der Waals surface area contributed by atoms with E-state index in [0.717, 1.165) is 22.4 Å². The number of hydrogen-bond donors (Lipinski definition) is 1. The minimum absolute atomic E-state index is 0.369. The first kappa shape index (κ1) is 15.5. The van der Waals surface area contributed by atoms with Crippen LogP contribution < -0.4 is 5.32 Å². The number of aryl methyl sites for hydroxylation is 1. The van der Waals surface area contributed by atoms with E-state index in [0.29, 0.717) is 6.42 Å². The van der Waals surface area contributed by atoms with E-state index < -0.39 is 23.1 Å². The molecule has 1 aromatic rings. The molecular formula is C17H20N2O4. The van der Waals surface area contributed by atoms with Gasteiger partial charge >= 0.3 is 12.0 Å². The number of carbonyl (C=O) groups excluding carboxylic acids is 3. The lowest BCUT2D eigenvalue weighted by Crippen LogP contribution is -2.43. The molecule has 0 radical (unpaired) electrons. The summed E-state index contributed by atoms with van der Waals surface area (Å²) in [7, 11) is 0. The summed E-state index contributed by atoms with van der Waals surface area (Å²) in [5, 5.41) is 2.78. The molecule has 3 rings (SSSR count). The first-order chi connectivity index (χ1) is 10.7. The molecule has 1 aromatic carbocycles. The Morgan fingerprint density at radius 1 is 1.30 bits per heavy atom. The molecule has 23 heavy (non-hydrogen) atoms. The normalized spacial score (nSPS) is 23.2. The Hall–Kier alpha value is -2.37. The van der Waals surface area contributed by atoms with E-state index in [9.17, 15) is 14.4 Å². The standard InChI is InChI=1S/C17H20N2O4/c1-16(2,3)23-13(20)10-19-14(21)17(18-15(19)22)9-8-11-6-4-5-7-12(11)17/h4-7H,8-10H2,1-3H3,(H,18,22)/t17-/m1/s1. The van der Waals surface area contributed by atoms with Gasteiger partial charge in [-0.3, -0.25) is 14.5 Å². The molecule has 1 saturated heterocycles. The fraction of sp³-hybridized carbons (Fsp3) is 0.471. The van der Waals surface area contributed by atoms with Gasteiger partial charge in [-0.1, -0.05) is 24.3 Å². The zero-order chi connectivity index (χ0) is 16.8. The zero-order valence-electron chi connectivity index (χ0n) is 13.5. The summed E-state index contributed by atoms with van der Waals surface area (Å²) in [5.41, 5.74) is 0.189. The van der Waals surface area contributed by atoms with Crippen molar-refractivity contribution < 1.29 is 19.1 Å². The van der Waals surface area contributed by atoms with Gasteiger partial charge in [0.2, 0.25) is 0 Å². The Kier molecular flexibility index (Phi) is 3.43. The number of carbonyl (C=O) groups is 3. The smallest absolute Gasteiger partial charge is 0.326 e. The number of imide groups is 1. The number of nitrogens with zero attached hydrogens (tertiary/aromatic N) is 1. The highest BCUT2D eigenvalue weighted by atomic mass is 16.6. The van der Waals surface area contributed by atoms with Crippen molar-refractivity contribution in [1.82, 2.24) is 10.2 Å². The second-order valence-corrected chi connectivity index (χ2v) is 6.97. The maximum absolute atomic E-state index is 12.8. The van der Waals surface area contributed by atoms with Gasteiger partial charge in [0.05, 0.1) is 0 Å². The van der Waals surface area contributed by atoms with Gasteiger partial charge in [-0.05, 0) is 44.7 Å². The molecule has 1 N–H and O–H groups in total. The molecule has 1 spiro atoms. The molecule has 6 nitrogen and oxygen atoms in total. The van der Waals surface area contributed by atoms with E-state index in [-0.39, 0.29) is 12.5 Å². The summed E-state index contributed by atoms with van der Waals surface area (Å²) in [4.78, 5) is 38.0. The monoisotopic (exact) mass is 316 g/mol. The first-order valence-corrected chi connectivity index (χ1v) is 7.67. The van der Waals surface area contributed by atoms with E-state index in [1.165, 1.54) is 0 Å². The number of benzene rings is 1. The van der Waals surface area contributed by atoms with Gasteiger partial charge in [0.25, 0.3) is 5.91 Å².